The van der Waals surface area contributed by atoms with Gasteiger partial charge in [-0.05, 0) is 29.8 Å². The molecule has 1 heterocycles. The third-order valence-corrected chi connectivity index (χ3v) is 5.54. The Balaban J connectivity index is 1.42. The summed E-state index contributed by atoms with van der Waals surface area (Å²) in [7, 11) is 1.95. The second-order valence-electron chi connectivity index (χ2n) is 7.47. The van der Waals surface area contributed by atoms with Crippen LogP contribution >= 0.6 is 0 Å². The van der Waals surface area contributed by atoms with Gasteiger partial charge in [0.2, 0.25) is 5.91 Å². The number of nitrogens with zero attached hydrogens (tertiary/aromatic N) is 1. The van der Waals surface area contributed by atoms with Crippen molar-refractivity contribution in [2.45, 2.75) is 6.42 Å². The molecule has 5 rings (SSSR count). The largest absolute Gasteiger partial charge is 0.350 e. The average molecular weight is 394 g/mol. The van der Waals surface area contributed by atoms with Crippen molar-refractivity contribution in [1.82, 2.24) is 4.57 Å². The molecule has 1 amide bonds. The van der Waals surface area contributed by atoms with Crippen LogP contribution in [0.3, 0.4) is 0 Å². The lowest BCUT2D eigenvalue weighted by Crippen LogP contribution is -2.21. The third kappa shape index (κ3) is 2.83. The van der Waals surface area contributed by atoms with Crippen LogP contribution in [0.1, 0.15) is 37.4 Å². The smallest absolute Gasteiger partial charge is 0.228 e. The molecule has 0 atom stereocenters. The molecule has 0 saturated heterocycles. The van der Waals surface area contributed by atoms with E-state index in [1.807, 2.05) is 42.1 Å². The van der Waals surface area contributed by atoms with Crippen molar-refractivity contribution >= 4 is 34.1 Å². The van der Waals surface area contributed by atoms with Gasteiger partial charge >= 0.3 is 0 Å². The van der Waals surface area contributed by atoms with E-state index in [1.165, 1.54) is 0 Å². The molecule has 4 aromatic rings. The number of ketones is 2. The predicted octanol–water partition coefficient (Wildman–Crippen LogP) is 4.13. The highest BCUT2D eigenvalue weighted by Crippen LogP contribution is 2.29. The second kappa shape index (κ2) is 6.81. The normalized spacial score (nSPS) is 12.6. The maximum atomic E-state index is 12.9. The van der Waals surface area contributed by atoms with E-state index < -0.39 is 0 Å². The van der Waals surface area contributed by atoms with Crippen LogP contribution in [0.5, 0.6) is 0 Å². The van der Waals surface area contributed by atoms with Gasteiger partial charge in [-0.1, -0.05) is 42.5 Å². The minimum absolute atomic E-state index is 0.172. The van der Waals surface area contributed by atoms with Gasteiger partial charge in [-0.2, -0.15) is 0 Å². The van der Waals surface area contributed by atoms with Crippen LogP contribution in [0.25, 0.3) is 10.9 Å². The number of para-hydroxylation sites is 1. The number of hydrogen-bond acceptors (Lipinski definition) is 3. The van der Waals surface area contributed by atoms with Crippen molar-refractivity contribution < 1.29 is 14.4 Å². The maximum absolute atomic E-state index is 12.9. The highest BCUT2D eigenvalue weighted by atomic mass is 16.2. The van der Waals surface area contributed by atoms with Crippen LogP contribution in [0.2, 0.25) is 0 Å². The Labute approximate surface area is 172 Å². The van der Waals surface area contributed by atoms with Crippen molar-refractivity contribution in [3.63, 3.8) is 0 Å². The zero-order valence-electron chi connectivity index (χ0n) is 16.3. The number of aromatic nitrogens is 1. The van der Waals surface area contributed by atoms with Crippen LogP contribution in [0, 0.1) is 0 Å². The first-order valence-corrected chi connectivity index (χ1v) is 9.68. The number of aryl methyl sites for hydroxylation is 1. The van der Waals surface area contributed by atoms with Crippen LogP contribution < -0.4 is 5.32 Å². The van der Waals surface area contributed by atoms with Gasteiger partial charge < -0.3 is 9.88 Å². The van der Waals surface area contributed by atoms with Crippen molar-refractivity contribution in [1.29, 1.82) is 0 Å². The number of nitrogens with one attached hydrogen (secondary N) is 1. The van der Waals surface area contributed by atoms with E-state index in [-0.39, 0.29) is 23.9 Å². The molecule has 0 bridgehead atoms. The topological polar surface area (TPSA) is 68.2 Å². The molecule has 0 spiro atoms. The van der Waals surface area contributed by atoms with Gasteiger partial charge in [-0.15, -0.1) is 0 Å². The first-order valence-electron chi connectivity index (χ1n) is 9.68. The van der Waals surface area contributed by atoms with Crippen LogP contribution in [0.15, 0.2) is 72.9 Å². The minimum Gasteiger partial charge on any atom is -0.350 e. The number of rotatable bonds is 3. The fourth-order valence-electron chi connectivity index (χ4n) is 4.12. The summed E-state index contributed by atoms with van der Waals surface area (Å²) in [5.41, 5.74) is 4.00. The molecule has 30 heavy (non-hydrogen) atoms. The standard InChI is InChI=1S/C25H18N2O3/c1-27-14-15(17-6-4-5-9-22(17)27)12-23(28)26-16-10-11-20-21(13-16)25(30)19-8-3-2-7-18(19)24(20)29/h2-11,13-14H,12H2,1H3,(H,26,28). The molecular formula is C25H18N2O3. The molecule has 0 radical (unpaired) electrons. The van der Waals surface area contributed by atoms with Crippen molar-refractivity contribution in [2.75, 3.05) is 5.32 Å². The first-order chi connectivity index (χ1) is 14.5. The number of benzene rings is 3. The molecule has 0 fully saturated rings. The molecule has 0 aliphatic heterocycles. The SMILES string of the molecule is Cn1cc(CC(=O)Nc2ccc3c(c2)C(=O)c2ccccc2C3=O)c2ccccc21. The summed E-state index contributed by atoms with van der Waals surface area (Å²) in [6, 6.07) is 19.6. The molecule has 146 valence electrons. The van der Waals surface area contributed by atoms with Crippen molar-refractivity contribution in [3.8, 4) is 0 Å². The second-order valence-corrected chi connectivity index (χ2v) is 7.47. The lowest BCUT2D eigenvalue weighted by Gasteiger charge is -2.18. The highest BCUT2D eigenvalue weighted by Gasteiger charge is 2.29. The van der Waals surface area contributed by atoms with Gasteiger partial charge in [-0.25, -0.2) is 0 Å². The maximum Gasteiger partial charge on any atom is 0.228 e. The van der Waals surface area contributed by atoms with E-state index in [1.54, 1.807) is 42.5 Å². The fourth-order valence-corrected chi connectivity index (χ4v) is 4.12. The number of anilines is 1. The van der Waals surface area contributed by atoms with E-state index in [4.69, 9.17) is 0 Å². The monoisotopic (exact) mass is 394 g/mol. The summed E-state index contributed by atoms with van der Waals surface area (Å²) >= 11 is 0. The van der Waals surface area contributed by atoms with Crippen LogP contribution in [0.4, 0.5) is 5.69 Å². The molecule has 1 aromatic heterocycles. The third-order valence-electron chi connectivity index (χ3n) is 5.54. The Morgan fingerprint density at radius 2 is 1.47 bits per heavy atom. The quantitative estimate of drug-likeness (QED) is 0.500. The molecule has 0 saturated carbocycles. The molecule has 5 nitrogen and oxygen atoms in total. The van der Waals surface area contributed by atoms with Crippen LogP contribution in [-0.2, 0) is 18.3 Å². The Morgan fingerprint density at radius 3 is 2.23 bits per heavy atom. The number of carbonyl (C=O) groups excluding carboxylic acids is 3. The predicted molar refractivity (Wildman–Crippen MR) is 115 cm³/mol. The number of amides is 1. The minimum atomic E-state index is -0.203. The zero-order valence-corrected chi connectivity index (χ0v) is 16.3. The number of hydrogen-bond donors (Lipinski definition) is 1. The lowest BCUT2D eigenvalue weighted by atomic mass is 9.84. The van der Waals surface area contributed by atoms with Gasteiger partial charge in [-0.3, -0.25) is 14.4 Å². The summed E-state index contributed by atoms with van der Waals surface area (Å²) in [5, 5.41) is 3.90. The molecule has 1 N–H and O–H groups in total. The van der Waals surface area contributed by atoms with Crippen molar-refractivity contribution in [3.05, 3.63) is 101 Å². The summed E-state index contributed by atoms with van der Waals surface area (Å²) in [6.45, 7) is 0. The lowest BCUT2D eigenvalue weighted by molar-refractivity contribution is -0.115. The Kier molecular flexibility index (Phi) is 4.10. The zero-order chi connectivity index (χ0) is 20.8. The van der Waals surface area contributed by atoms with E-state index in [0.29, 0.717) is 27.9 Å². The van der Waals surface area contributed by atoms with Crippen molar-refractivity contribution in [2.24, 2.45) is 7.05 Å². The summed E-state index contributed by atoms with van der Waals surface area (Å²) < 4.78 is 2.00. The van der Waals surface area contributed by atoms with Gasteiger partial charge in [0.1, 0.15) is 0 Å². The number of fused-ring (bicyclic) bond motifs is 3. The molecule has 1 aliphatic carbocycles. The molecule has 1 aliphatic rings. The summed E-state index contributed by atoms with van der Waals surface area (Å²) in [6.07, 6.45) is 2.17. The summed E-state index contributed by atoms with van der Waals surface area (Å²) in [5.74, 6) is -0.555. The Bertz CT molecular complexity index is 1360. The number of carbonyl (C=O) groups is 3. The van der Waals surface area contributed by atoms with Gasteiger partial charge in [0.05, 0.1) is 6.42 Å². The Morgan fingerprint density at radius 1 is 0.833 bits per heavy atom. The van der Waals surface area contributed by atoms with Gasteiger partial charge in [0.25, 0.3) is 0 Å². The Hall–Kier alpha value is -3.99. The fraction of sp³-hybridized carbons (Fsp3) is 0.0800. The van der Waals surface area contributed by atoms with Gasteiger partial charge in [0, 0.05) is 52.1 Å². The molecule has 0 unspecified atom stereocenters. The average Bonchev–Trinajstić information content (AvgIpc) is 3.07. The summed E-state index contributed by atoms with van der Waals surface area (Å²) in [4.78, 5) is 38.3. The van der Waals surface area contributed by atoms with E-state index >= 15 is 0 Å². The van der Waals surface area contributed by atoms with Crippen LogP contribution in [-0.4, -0.2) is 22.0 Å². The molecular weight excluding hydrogens is 376 g/mol. The van der Waals surface area contributed by atoms with E-state index in [2.05, 4.69) is 5.32 Å². The molecule has 5 heteroatoms. The molecule has 3 aromatic carbocycles. The van der Waals surface area contributed by atoms with E-state index in [0.717, 1.165) is 16.5 Å². The van der Waals surface area contributed by atoms with Gasteiger partial charge in [0.15, 0.2) is 11.6 Å². The highest BCUT2D eigenvalue weighted by molar-refractivity contribution is 6.28. The van der Waals surface area contributed by atoms with E-state index in [9.17, 15) is 14.4 Å². The first kappa shape index (κ1) is 18.1.